The molecule has 114 valence electrons. The van der Waals surface area contributed by atoms with Crippen LogP contribution in [0.3, 0.4) is 0 Å². The smallest absolute Gasteiger partial charge is 0.328 e. The fourth-order valence-electron chi connectivity index (χ4n) is 2.40. The molecule has 0 aliphatic carbocycles. The maximum Gasteiger partial charge on any atom is 0.328 e. The van der Waals surface area contributed by atoms with Crippen LogP contribution in [0.25, 0.3) is 0 Å². The van der Waals surface area contributed by atoms with Crippen molar-refractivity contribution in [2.45, 2.75) is 25.3 Å². The number of piperidine rings is 1. The number of likely N-dealkylation sites (tertiary alicyclic amines) is 1. The van der Waals surface area contributed by atoms with Crippen LogP contribution in [0.1, 0.15) is 29.6 Å². The zero-order chi connectivity index (χ0) is 15.6. The van der Waals surface area contributed by atoms with Crippen LogP contribution in [0.2, 0.25) is 5.02 Å². The lowest BCUT2D eigenvalue weighted by Crippen LogP contribution is -2.48. The highest BCUT2D eigenvalue weighted by Gasteiger charge is 2.34. The molecule has 1 heterocycles. The topological polar surface area (TPSA) is 46.6 Å². The average Bonchev–Trinajstić information content (AvgIpc) is 2.49. The number of benzene rings is 1. The van der Waals surface area contributed by atoms with Crippen LogP contribution < -0.4 is 0 Å². The Morgan fingerprint density at radius 1 is 1.29 bits per heavy atom. The molecule has 0 N–H and O–H groups in total. The Labute approximate surface area is 125 Å². The van der Waals surface area contributed by atoms with Gasteiger partial charge in [-0.25, -0.2) is 13.6 Å². The molecule has 0 radical (unpaired) electrons. The van der Waals surface area contributed by atoms with Gasteiger partial charge in [0.05, 0.1) is 17.7 Å². The molecule has 1 aromatic rings. The lowest BCUT2D eigenvalue weighted by molar-refractivity contribution is -0.147. The summed E-state index contributed by atoms with van der Waals surface area (Å²) in [6.45, 7) is 0.294. The third-order valence-corrected chi connectivity index (χ3v) is 3.77. The number of carbonyl (C=O) groups excluding carboxylic acids is 2. The number of methoxy groups -OCH3 is 1. The molecule has 21 heavy (non-hydrogen) atoms. The van der Waals surface area contributed by atoms with E-state index in [9.17, 15) is 18.4 Å². The number of amides is 1. The third-order valence-electron chi connectivity index (χ3n) is 3.48. The molecule has 0 bridgehead atoms. The third kappa shape index (κ3) is 3.15. The summed E-state index contributed by atoms with van der Waals surface area (Å²) in [4.78, 5) is 25.3. The van der Waals surface area contributed by atoms with Crippen LogP contribution >= 0.6 is 11.6 Å². The van der Waals surface area contributed by atoms with Gasteiger partial charge in [0.1, 0.15) is 17.7 Å². The van der Waals surface area contributed by atoms with E-state index < -0.39 is 40.1 Å². The zero-order valence-corrected chi connectivity index (χ0v) is 12.1. The highest BCUT2D eigenvalue weighted by molar-refractivity contribution is 6.30. The van der Waals surface area contributed by atoms with E-state index >= 15 is 0 Å². The summed E-state index contributed by atoms with van der Waals surface area (Å²) in [5, 5.41) is -0.396. The second kappa shape index (κ2) is 6.39. The van der Waals surface area contributed by atoms with Gasteiger partial charge >= 0.3 is 5.97 Å². The number of hydrogen-bond acceptors (Lipinski definition) is 3. The van der Waals surface area contributed by atoms with Crippen molar-refractivity contribution in [2.75, 3.05) is 13.7 Å². The van der Waals surface area contributed by atoms with Gasteiger partial charge in [0.2, 0.25) is 0 Å². The highest BCUT2D eigenvalue weighted by Crippen LogP contribution is 2.24. The molecule has 4 nitrogen and oxygen atoms in total. The van der Waals surface area contributed by atoms with Crippen molar-refractivity contribution in [1.82, 2.24) is 4.90 Å². The number of rotatable bonds is 2. The molecule has 0 saturated carbocycles. The first-order valence-electron chi connectivity index (χ1n) is 6.49. The van der Waals surface area contributed by atoms with E-state index in [2.05, 4.69) is 4.74 Å². The van der Waals surface area contributed by atoms with Gasteiger partial charge in [0, 0.05) is 6.54 Å². The van der Waals surface area contributed by atoms with Gasteiger partial charge in [0.15, 0.2) is 0 Å². The predicted octanol–water partition coefficient (Wildman–Crippen LogP) is 2.79. The first-order valence-corrected chi connectivity index (χ1v) is 6.87. The molecule has 1 amide bonds. The van der Waals surface area contributed by atoms with Crippen molar-refractivity contribution < 1.29 is 23.1 Å². The molecule has 0 aromatic heterocycles. The van der Waals surface area contributed by atoms with E-state index in [4.69, 9.17) is 11.6 Å². The minimum absolute atomic E-state index is 0.294. The number of ether oxygens (including phenoxy) is 1. The monoisotopic (exact) mass is 317 g/mol. The summed E-state index contributed by atoms with van der Waals surface area (Å²) in [5.74, 6) is -3.09. The van der Waals surface area contributed by atoms with E-state index in [1.54, 1.807) is 0 Å². The van der Waals surface area contributed by atoms with Gasteiger partial charge in [0.25, 0.3) is 5.91 Å². The SMILES string of the molecule is COC(=O)[C@H]1CCCCN1C(=O)c1cc(F)c(Cl)cc1F. The van der Waals surface area contributed by atoms with Crippen LogP contribution in [-0.4, -0.2) is 36.5 Å². The predicted molar refractivity (Wildman–Crippen MR) is 72.1 cm³/mol. The molecule has 0 spiro atoms. The quantitative estimate of drug-likeness (QED) is 0.622. The number of nitrogens with zero attached hydrogens (tertiary/aromatic N) is 1. The van der Waals surface area contributed by atoms with Crippen LogP contribution in [0, 0.1) is 11.6 Å². The minimum atomic E-state index is -0.916. The van der Waals surface area contributed by atoms with Gasteiger partial charge < -0.3 is 9.64 Å². The first-order chi connectivity index (χ1) is 9.95. The fraction of sp³-hybridized carbons (Fsp3) is 0.429. The summed E-state index contributed by atoms with van der Waals surface area (Å²) in [5.41, 5.74) is -0.437. The number of esters is 1. The van der Waals surface area contributed by atoms with E-state index in [-0.39, 0.29) is 0 Å². The van der Waals surface area contributed by atoms with Crippen molar-refractivity contribution in [3.63, 3.8) is 0 Å². The Balaban J connectivity index is 2.33. The van der Waals surface area contributed by atoms with Crippen LogP contribution in [0.4, 0.5) is 8.78 Å². The van der Waals surface area contributed by atoms with Crippen molar-refractivity contribution in [1.29, 1.82) is 0 Å². The lowest BCUT2D eigenvalue weighted by Gasteiger charge is -2.33. The van der Waals surface area contributed by atoms with Gasteiger partial charge in [-0.15, -0.1) is 0 Å². The molecule has 7 heteroatoms. The first kappa shape index (κ1) is 15.7. The molecule has 0 unspecified atom stereocenters. The molecule has 2 rings (SSSR count). The van der Waals surface area contributed by atoms with Gasteiger partial charge in [-0.1, -0.05) is 11.6 Å². The van der Waals surface area contributed by atoms with Crippen LogP contribution in [0.5, 0.6) is 0 Å². The summed E-state index contributed by atoms with van der Waals surface area (Å²) < 4.78 is 31.9. The molecule has 1 atom stereocenters. The zero-order valence-electron chi connectivity index (χ0n) is 11.4. The summed E-state index contributed by atoms with van der Waals surface area (Å²) in [6.07, 6.45) is 1.90. The molecule has 1 saturated heterocycles. The Morgan fingerprint density at radius 2 is 2.00 bits per heavy atom. The average molecular weight is 318 g/mol. The normalized spacial score (nSPS) is 18.5. The van der Waals surface area contributed by atoms with Crippen molar-refractivity contribution in [2.24, 2.45) is 0 Å². The minimum Gasteiger partial charge on any atom is -0.467 e. The number of halogens is 3. The summed E-state index contributed by atoms with van der Waals surface area (Å²) >= 11 is 5.46. The van der Waals surface area contributed by atoms with Crippen molar-refractivity contribution >= 4 is 23.5 Å². The van der Waals surface area contributed by atoms with E-state index in [1.807, 2.05) is 0 Å². The van der Waals surface area contributed by atoms with E-state index in [0.29, 0.717) is 19.4 Å². The summed E-state index contributed by atoms with van der Waals surface area (Å²) in [7, 11) is 1.22. The Bertz CT molecular complexity index is 580. The lowest BCUT2D eigenvalue weighted by atomic mass is 10.0. The summed E-state index contributed by atoms with van der Waals surface area (Å²) in [6, 6.07) is 0.735. The number of hydrogen-bond donors (Lipinski definition) is 0. The largest absolute Gasteiger partial charge is 0.467 e. The van der Waals surface area contributed by atoms with Crippen molar-refractivity contribution in [3.8, 4) is 0 Å². The van der Waals surface area contributed by atoms with Crippen molar-refractivity contribution in [3.05, 3.63) is 34.4 Å². The van der Waals surface area contributed by atoms with Crippen LogP contribution in [-0.2, 0) is 9.53 Å². The molecular formula is C14H14ClF2NO3. The van der Waals surface area contributed by atoms with Gasteiger partial charge in [-0.2, -0.15) is 0 Å². The maximum absolute atomic E-state index is 13.8. The Morgan fingerprint density at radius 3 is 2.67 bits per heavy atom. The molecule has 1 aliphatic rings. The maximum atomic E-state index is 13.8. The second-order valence-corrected chi connectivity index (χ2v) is 5.19. The standard InChI is InChI=1S/C14H14ClF2NO3/c1-21-14(20)12-4-2-3-5-18(12)13(19)8-6-11(17)9(15)7-10(8)16/h6-7,12H,2-5H2,1H3/t12-/m1/s1. The second-order valence-electron chi connectivity index (χ2n) is 4.78. The fourth-order valence-corrected chi connectivity index (χ4v) is 2.55. The van der Waals surface area contributed by atoms with Gasteiger partial charge in [-0.3, -0.25) is 4.79 Å². The van der Waals surface area contributed by atoms with Gasteiger partial charge in [-0.05, 0) is 31.4 Å². The van der Waals surface area contributed by atoms with Crippen LogP contribution in [0.15, 0.2) is 12.1 Å². The molecule has 1 fully saturated rings. The number of carbonyl (C=O) groups is 2. The Kier molecular flexibility index (Phi) is 4.77. The molecule has 1 aromatic carbocycles. The van der Waals surface area contributed by atoms with E-state index in [1.165, 1.54) is 12.0 Å². The van der Waals surface area contributed by atoms with E-state index in [0.717, 1.165) is 18.6 Å². The molecule has 1 aliphatic heterocycles. The molecular weight excluding hydrogens is 304 g/mol. The highest BCUT2D eigenvalue weighted by atomic mass is 35.5. The Hall–Kier alpha value is -1.69.